The van der Waals surface area contributed by atoms with Crippen LogP contribution < -0.4 is 10.1 Å². The van der Waals surface area contributed by atoms with Crippen molar-refractivity contribution in [2.24, 2.45) is 0 Å². The van der Waals surface area contributed by atoms with Crippen molar-refractivity contribution in [2.45, 2.75) is 6.92 Å². The van der Waals surface area contributed by atoms with Crippen molar-refractivity contribution in [3.8, 4) is 16.9 Å². The first-order chi connectivity index (χ1) is 12.1. The summed E-state index contributed by atoms with van der Waals surface area (Å²) < 4.78 is 5.36. The van der Waals surface area contributed by atoms with Gasteiger partial charge in [-0.2, -0.15) is 0 Å². The summed E-state index contributed by atoms with van der Waals surface area (Å²) in [6.07, 6.45) is 0. The van der Waals surface area contributed by atoms with Gasteiger partial charge in [0.25, 0.3) is 11.8 Å². The maximum atomic E-state index is 12.4. The Kier molecular flexibility index (Phi) is 5.00. The molecule has 3 rings (SSSR count). The normalized spacial score (nSPS) is 12.8. The molecule has 130 valence electrons. The van der Waals surface area contributed by atoms with Gasteiger partial charge in [0.2, 0.25) is 0 Å². The van der Waals surface area contributed by atoms with Crippen LogP contribution in [0.2, 0.25) is 0 Å². The first-order valence-electron chi connectivity index (χ1n) is 8.19. The Bertz CT molecular complexity index is 787. The molecule has 2 N–H and O–H groups in total. The second-order valence-electron chi connectivity index (χ2n) is 5.73. The molecule has 0 aromatic heterocycles. The molecule has 2 aromatic carbocycles. The zero-order chi connectivity index (χ0) is 17.8. The van der Waals surface area contributed by atoms with Gasteiger partial charge in [0, 0.05) is 18.7 Å². The average molecular weight is 340 g/mol. The van der Waals surface area contributed by atoms with E-state index in [4.69, 9.17) is 9.84 Å². The number of ether oxygens (including phenoxy) is 1. The Morgan fingerprint density at radius 1 is 1.20 bits per heavy atom. The van der Waals surface area contributed by atoms with Crippen LogP contribution in [0.5, 0.6) is 5.75 Å². The lowest BCUT2D eigenvalue weighted by atomic mass is 10.0. The number of rotatable bonds is 5. The summed E-state index contributed by atoms with van der Waals surface area (Å²) in [4.78, 5) is 25.4. The van der Waals surface area contributed by atoms with Gasteiger partial charge in [-0.05, 0) is 42.3 Å². The van der Waals surface area contributed by atoms with Gasteiger partial charge in [-0.3, -0.25) is 9.59 Å². The van der Waals surface area contributed by atoms with Gasteiger partial charge in [0.1, 0.15) is 5.75 Å². The SMILES string of the molecule is CCN(CCO)C(=O)c1ccc(-c2ccc3c(c2)NC(=O)CO3)cc1. The molecule has 1 aliphatic rings. The Morgan fingerprint density at radius 3 is 2.60 bits per heavy atom. The second-order valence-corrected chi connectivity index (χ2v) is 5.73. The molecule has 1 aliphatic heterocycles. The minimum Gasteiger partial charge on any atom is -0.482 e. The number of carbonyl (C=O) groups is 2. The molecule has 0 spiro atoms. The highest BCUT2D eigenvalue weighted by Crippen LogP contribution is 2.32. The molecule has 0 aliphatic carbocycles. The molecular weight excluding hydrogens is 320 g/mol. The van der Waals surface area contributed by atoms with Crippen LogP contribution in [0.4, 0.5) is 5.69 Å². The van der Waals surface area contributed by atoms with E-state index in [-0.39, 0.29) is 25.0 Å². The fourth-order valence-electron chi connectivity index (χ4n) is 2.77. The highest BCUT2D eigenvalue weighted by Gasteiger charge is 2.17. The second kappa shape index (κ2) is 7.36. The van der Waals surface area contributed by atoms with E-state index >= 15 is 0 Å². The van der Waals surface area contributed by atoms with Crippen LogP contribution in [0, 0.1) is 0 Å². The third-order valence-corrected chi connectivity index (χ3v) is 4.12. The number of carbonyl (C=O) groups excluding carboxylic acids is 2. The number of hydrogen-bond donors (Lipinski definition) is 2. The van der Waals surface area contributed by atoms with Crippen molar-refractivity contribution >= 4 is 17.5 Å². The van der Waals surface area contributed by atoms with E-state index in [2.05, 4.69) is 5.32 Å². The minimum absolute atomic E-state index is 0.0327. The first kappa shape index (κ1) is 17.0. The van der Waals surface area contributed by atoms with Crippen molar-refractivity contribution in [3.63, 3.8) is 0 Å². The van der Waals surface area contributed by atoms with Crippen LogP contribution in [0.15, 0.2) is 42.5 Å². The molecule has 0 unspecified atom stereocenters. The summed E-state index contributed by atoms with van der Waals surface area (Å²) in [6, 6.07) is 12.9. The van der Waals surface area contributed by atoms with Crippen molar-refractivity contribution in [1.29, 1.82) is 0 Å². The molecule has 2 amide bonds. The summed E-state index contributed by atoms with van der Waals surface area (Å²) in [7, 11) is 0. The lowest BCUT2D eigenvalue weighted by molar-refractivity contribution is -0.118. The predicted molar refractivity (Wildman–Crippen MR) is 94.7 cm³/mol. The number of aliphatic hydroxyl groups excluding tert-OH is 1. The van der Waals surface area contributed by atoms with E-state index in [0.29, 0.717) is 30.1 Å². The van der Waals surface area contributed by atoms with Gasteiger partial charge < -0.3 is 20.1 Å². The Morgan fingerprint density at radius 2 is 1.92 bits per heavy atom. The van der Waals surface area contributed by atoms with Gasteiger partial charge in [-0.1, -0.05) is 18.2 Å². The molecule has 0 saturated carbocycles. The zero-order valence-corrected chi connectivity index (χ0v) is 14.0. The van der Waals surface area contributed by atoms with E-state index < -0.39 is 0 Å². The molecule has 0 radical (unpaired) electrons. The molecule has 6 heteroatoms. The summed E-state index contributed by atoms with van der Waals surface area (Å²) in [5.41, 5.74) is 3.08. The van der Waals surface area contributed by atoms with Crippen molar-refractivity contribution < 1.29 is 19.4 Å². The molecule has 0 atom stereocenters. The van der Waals surface area contributed by atoms with E-state index in [9.17, 15) is 9.59 Å². The molecular formula is C19H20N2O4. The van der Waals surface area contributed by atoms with Gasteiger partial charge in [0.15, 0.2) is 6.61 Å². The quantitative estimate of drug-likeness (QED) is 0.874. The maximum Gasteiger partial charge on any atom is 0.262 e. The van der Waals surface area contributed by atoms with Crippen molar-refractivity contribution in [3.05, 3.63) is 48.0 Å². The van der Waals surface area contributed by atoms with Crippen LogP contribution in [0.25, 0.3) is 11.1 Å². The van der Waals surface area contributed by atoms with E-state index in [1.54, 1.807) is 17.0 Å². The van der Waals surface area contributed by atoms with Crippen molar-refractivity contribution in [1.82, 2.24) is 4.90 Å². The monoisotopic (exact) mass is 340 g/mol. The number of nitrogens with one attached hydrogen (secondary N) is 1. The van der Waals surface area contributed by atoms with E-state index in [1.807, 2.05) is 37.3 Å². The lowest BCUT2D eigenvalue weighted by Gasteiger charge is -2.20. The Labute approximate surface area is 146 Å². The topological polar surface area (TPSA) is 78.9 Å². The van der Waals surface area contributed by atoms with Crippen molar-refractivity contribution in [2.75, 3.05) is 31.6 Å². The molecule has 1 heterocycles. The number of benzene rings is 2. The average Bonchev–Trinajstić information content (AvgIpc) is 2.65. The predicted octanol–water partition coefficient (Wildman–Crippen LogP) is 2.14. The van der Waals surface area contributed by atoms with Gasteiger partial charge >= 0.3 is 0 Å². The summed E-state index contributed by atoms with van der Waals surface area (Å²) in [6.45, 7) is 2.73. The van der Waals surface area contributed by atoms with Crippen LogP contribution in [-0.4, -0.2) is 48.1 Å². The fraction of sp³-hybridized carbons (Fsp3) is 0.263. The first-order valence-corrected chi connectivity index (χ1v) is 8.19. The highest BCUT2D eigenvalue weighted by molar-refractivity contribution is 5.97. The largest absolute Gasteiger partial charge is 0.482 e. The number of hydrogen-bond acceptors (Lipinski definition) is 4. The van der Waals surface area contributed by atoms with Crippen LogP contribution in [0.3, 0.4) is 0 Å². The summed E-state index contributed by atoms with van der Waals surface area (Å²) in [5.74, 6) is 0.376. The van der Waals surface area contributed by atoms with Gasteiger partial charge in [-0.15, -0.1) is 0 Å². The third kappa shape index (κ3) is 3.64. The zero-order valence-electron chi connectivity index (χ0n) is 14.0. The molecule has 0 saturated heterocycles. The molecule has 25 heavy (non-hydrogen) atoms. The van der Waals surface area contributed by atoms with Gasteiger partial charge in [-0.25, -0.2) is 0 Å². The molecule has 2 aromatic rings. The van der Waals surface area contributed by atoms with Crippen LogP contribution >= 0.6 is 0 Å². The van der Waals surface area contributed by atoms with Crippen LogP contribution in [-0.2, 0) is 4.79 Å². The number of likely N-dealkylation sites (N-methyl/N-ethyl adjacent to an activating group) is 1. The Hall–Kier alpha value is -2.86. The number of nitrogens with zero attached hydrogens (tertiary/aromatic N) is 1. The fourth-order valence-corrected chi connectivity index (χ4v) is 2.77. The van der Waals surface area contributed by atoms with Gasteiger partial charge in [0.05, 0.1) is 12.3 Å². The minimum atomic E-state index is -0.172. The van der Waals surface area contributed by atoms with E-state index in [1.165, 1.54) is 0 Å². The maximum absolute atomic E-state index is 12.4. The van der Waals surface area contributed by atoms with Crippen LogP contribution in [0.1, 0.15) is 17.3 Å². The highest BCUT2D eigenvalue weighted by atomic mass is 16.5. The third-order valence-electron chi connectivity index (χ3n) is 4.12. The van der Waals surface area contributed by atoms with E-state index in [0.717, 1.165) is 11.1 Å². The standard InChI is InChI=1S/C19H20N2O4/c1-2-21(9-10-22)19(24)14-5-3-13(4-6-14)15-7-8-17-16(11-15)20-18(23)12-25-17/h3-8,11,22H,2,9-10,12H2,1H3,(H,20,23). The summed E-state index contributed by atoms with van der Waals surface area (Å²) >= 11 is 0. The number of aliphatic hydroxyl groups is 1. The lowest BCUT2D eigenvalue weighted by Crippen LogP contribution is -2.33. The molecule has 6 nitrogen and oxygen atoms in total. The number of amides is 2. The molecule has 0 bridgehead atoms. The Balaban J connectivity index is 1.82. The number of fused-ring (bicyclic) bond motifs is 1. The molecule has 0 fully saturated rings. The smallest absolute Gasteiger partial charge is 0.262 e. The summed E-state index contributed by atoms with van der Waals surface area (Å²) in [5, 5.41) is 11.8. The number of anilines is 1.